The molecule has 5 rings (SSSR count). The standard InChI is InChI=1S/C22H22FNO2/c23-19-11-14(22(25)26)6-8-17(19)21-16-3-1-2-15(16)18-10-13(12-4-5-12)7-9-20(18)24-21/h6-12,15-16,21,24H,1-5H2,(H,25,26)/t15-,16+,21-/m1/s1. The predicted molar refractivity (Wildman–Crippen MR) is 98.2 cm³/mol. The second-order valence-corrected chi connectivity index (χ2v) is 7.99. The number of carbonyl (C=O) groups is 1. The van der Waals surface area contributed by atoms with Crippen LogP contribution >= 0.6 is 0 Å². The Kier molecular flexibility index (Phi) is 3.56. The van der Waals surface area contributed by atoms with Gasteiger partial charge < -0.3 is 10.4 Å². The Hall–Kier alpha value is -2.36. The molecule has 0 saturated heterocycles. The van der Waals surface area contributed by atoms with Crippen LogP contribution < -0.4 is 5.32 Å². The minimum atomic E-state index is -1.09. The summed E-state index contributed by atoms with van der Waals surface area (Å²) >= 11 is 0. The highest BCUT2D eigenvalue weighted by Gasteiger charge is 2.41. The van der Waals surface area contributed by atoms with Gasteiger partial charge in [0.1, 0.15) is 5.82 Å². The molecule has 0 spiro atoms. The summed E-state index contributed by atoms with van der Waals surface area (Å²) in [4.78, 5) is 11.1. The van der Waals surface area contributed by atoms with Crippen LogP contribution in [0.4, 0.5) is 10.1 Å². The van der Waals surface area contributed by atoms with Crippen LogP contribution in [0.3, 0.4) is 0 Å². The molecule has 2 aromatic rings. The highest BCUT2D eigenvalue weighted by atomic mass is 19.1. The average Bonchev–Trinajstić information content (AvgIpc) is 3.37. The van der Waals surface area contributed by atoms with E-state index in [0.717, 1.165) is 36.9 Å². The first-order chi connectivity index (χ1) is 12.6. The summed E-state index contributed by atoms with van der Waals surface area (Å²) in [7, 11) is 0. The van der Waals surface area contributed by atoms with E-state index in [-0.39, 0.29) is 11.6 Å². The van der Waals surface area contributed by atoms with Crippen molar-refractivity contribution < 1.29 is 14.3 Å². The van der Waals surface area contributed by atoms with Gasteiger partial charge in [0.25, 0.3) is 0 Å². The maximum atomic E-state index is 14.7. The van der Waals surface area contributed by atoms with Gasteiger partial charge in [0, 0.05) is 11.3 Å². The Morgan fingerprint density at radius 1 is 1.04 bits per heavy atom. The van der Waals surface area contributed by atoms with E-state index in [1.54, 1.807) is 6.07 Å². The number of halogens is 1. The molecular weight excluding hydrogens is 329 g/mol. The number of benzene rings is 2. The van der Waals surface area contributed by atoms with Crippen molar-refractivity contribution in [1.82, 2.24) is 0 Å². The Morgan fingerprint density at radius 2 is 1.88 bits per heavy atom. The van der Waals surface area contributed by atoms with Gasteiger partial charge in [0.05, 0.1) is 11.6 Å². The molecule has 2 saturated carbocycles. The van der Waals surface area contributed by atoms with Crippen molar-refractivity contribution in [2.24, 2.45) is 5.92 Å². The van der Waals surface area contributed by atoms with Crippen LogP contribution in [0.25, 0.3) is 0 Å². The lowest BCUT2D eigenvalue weighted by Crippen LogP contribution is -2.29. The summed E-state index contributed by atoms with van der Waals surface area (Å²) < 4.78 is 14.7. The van der Waals surface area contributed by atoms with Crippen LogP contribution in [0.2, 0.25) is 0 Å². The number of fused-ring (bicyclic) bond motifs is 3. The fraction of sp³-hybridized carbons (Fsp3) is 0.409. The molecule has 2 aliphatic carbocycles. The monoisotopic (exact) mass is 351 g/mol. The number of carboxylic acids is 1. The molecule has 2 fully saturated rings. The minimum absolute atomic E-state index is 0.000457. The second-order valence-electron chi connectivity index (χ2n) is 7.99. The molecule has 3 atom stereocenters. The SMILES string of the molecule is O=C(O)c1ccc([C@@H]2Nc3ccc(C4CC4)cc3[C@@H]3CCC[C@@H]32)c(F)c1. The van der Waals surface area contributed by atoms with Gasteiger partial charge in [-0.15, -0.1) is 0 Å². The maximum Gasteiger partial charge on any atom is 0.335 e. The lowest BCUT2D eigenvalue weighted by atomic mass is 9.76. The van der Waals surface area contributed by atoms with Crippen molar-refractivity contribution in [2.75, 3.05) is 5.32 Å². The van der Waals surface area contributed by atoms with E-state index in [2.05, 4.69) is 23.5 Å². The molecule has 2 aromatic carbocycles. The van der Waals surface area contributed by atoms with E-state index < -0.39 is 11.8 Å². The van der Waals surface area contributed by atoms with Crippen molar-refractivity contribution in [3.63, 3.8) is 0 Å². The van der Waals surface area contributed by atoms with Gasteiger partial charge in [0.15, 0.2) is 0 Å². The van der Waals surface area contributed by atoms with Gasteiger partial charge in [-0.1, -0.05) is 24.6 Å². The summed E-state index contributed by atoms with van der Waals surface area (Å²) in [6, 6.07) is 11.0. The first kappa shape index (κ1) is 15.9. The fourth-order valence-electron chi connectivity index (χ4n) is 4.96. The van der Waals surface area contributed by atoms with Gasteiger partial charge in [-0.3, -0.25) is 0 Å². The lowest BCUT2D eigenvalue weighted by molar-refractivity contribution is 0.0696. The number of aromatic carboxylic acids is 1. The molecule has 2 N–H and O–H groups in total. The van der Waals surface area contributed by atoms with Crippen LogP contribution in [-0.2, 0) is 0 Å². The first-order valence-electron chi connectivity index (χ1n) is 9.55. The molecule has 0 radical (unpaired) electrons. The van der Waals surface area contributed by atoms with E-state index in [0.29, 0.717) is 17.4 Å². The van der Waals surface area contributed by atoms with Crippen LogP contribution in [0.5, 0.6) is 0 Å². The molecule has 1 heterocycles. The average molecular weight is 351 g/mol. The normalized spacial score (nSPS) is 26.7. The molecular formula is C22H22FNO2. The first-order valence-corrected chi connectivity index (χ1v) is 9.55. The van der Waals surface area contributed by atoms with E-state index in [9.17, 15) is 9.18 Å². The summed E-state index contributed by atoms with van der Waals surface area (Å²) in [5.41, 5.74) is 4.55. The Morgan fingerprint density at radius 3 is 2.62 bits per heavy atom. The zero-order valence-electron chi connectivity index (χ0n) is 14.5. The molecule has 4 heteroatoms. The third kappa shape index (κ3) is 2.51. The maximum absolute atomic E-state index is 14.7. The molecule has 0 unspecified atom stereocenters. The summed E-state index contributed by atoms with van der Waals surface area (Å²) in [6.07, 6.45) is 5.98. The van der Waals surface area contributed by atoms with Gasteiger partial charge in [0.2, 0.25) is 0 Å². The highest BCUT2D eigenvalue weighted by Crippen LogP contribution is 2.54. The highest BCUT2D eigenvalue weighted by molar-refractivity contribution is 5.87. The summed E-state index contributed by atoms with van der Waals surface area (Å²) in [5.74, 6) is 0.0457. The van der Waals surface area contributed by atoms with Crippen molar-refractivity contribution >= 4 is 11.7 Å². The van der Waals surface area contributed by atoms with E-state index in [1.165, 1.54) is 30.0 Å². The summed E-state index contributed by atoms with van der Waals surface area (Å²) in [5, 5.41) is 12.7. The number of rotatable bonds is 3. The molecule has 0 aromatic heterocycles. The molecule has 134 valence electrons. The molecule has 0 bridgehead atoms. The summed E-state index contributed by atoms with van der Waals surface area (Å²) in [6.45, 7) is 0. The number of hydrogen-bond donors (Lipinski definition) is 2. The minimum Gasteiger partial charge on any atom is -0.478 e. The van der Waals surface area contributed by atoms with Gasteiger partial charge in [-0.05, 0) is 72.8 Å². The van der Waals surface area contributed by atoms with Crippen molar-refractivity contribution in [3.8, 4) is 0 Å². The van der Waals surface area contributed by atoms with E-state index in [1.807, 2.05) is 0 Å². The number of nitrogens with one attached hydrogen (secondary N) is 1. The quantitative estimate of drug-likeness (QED) is 0.773. The fourth-order valence-corrected chi connectivity index (χ4v) is 4.96. The third-order valence-corrected chi connectivity index (χ3v) is 6.41. The largest absolute Gasteiger partial charge is 0.478 e. The zero-order valence-corrected chi connectivity index (χ0v) is 14.5. The topological polar surface area (TPSA) is 49.3 Å². The molecule has 3 aliphatic rings. The number of hydrogen-bond acceptors (Lipinski definition) is 2. The van der Waals surface area contributed by atoms with Crippen molar-refractivity contribution in [2.45, 2.75) is 50.0 Å². The van der Waals surface area contributed by atoms with E-state index in [4.69, 9.17) is 5.11 Å². The van der Waals surface area contributed by atoms with Gasteiger partial charge in [-0.25, -0.2) is 9.18 Å². The molecule has 3 nitrogen and oxygen atoms in total. The molecule has 0 amide bonds. The Labute approximate surface area is 152 Å². The Balaban J connectivity index is 1.54. The smallest absolute Gasteiger partial charge is 0.335 e. The second kappa shape index (κ2) is 5.83. The van der Waals surface area contributed by atoms with E-state index >= 15 is 0 Å². The Bertz CT molecular complexity index is 890. The van der Waals surface area contributed by atoms with Crippen LogP contribution in [0.15, 0.2) is 36.4 Å². The third-order valence-electron chi connectivity index (χ3n) is 6.41. The van der Waals surface area contributed by atoms with Crippen molar-refractivity contribution in [1.29, 1.82) is 0 Å². The van der Waals surface area contributed by atoms with Crippen LogP contribution in [0.1, 0.15) is 77.0 Å². The van der Waals surface area contributed by atoms with Crippen LogP contribution in [-0.4, -0.2) is 11.1 Å². The number of carboxylic acid groups (broad SMARTS) is 1. The van der Waals surface area contributed by atoms with Crippen LogP contribution in [0, 0.1) is 11.7 Å². The predicted octanol–water partition coefficient (Wildman–Crippen LogP) is 5.45. The van der Waals surface area contributed by atoms with Gasteiger partial charge in [-0.2, -0.15) is 0 Å². The lowest BCUT2D eigenvalue weighted by Gasteiger charge is -2.38. The molecule has 26 heavy (non-hydrogen) atoms. The zero-order chi connectivity index (χ0) is 17.8. The number of anilines is 1. The molecule has 1 aliphatic heterocycles. The van der Waals surface area contributed by atoms with Crippen molar-refractivity contribution in [3.05, 3.63) is 64.5 Å². The van der Waals surface area contributed by atoms with Gasteiger partial charge >= 0.3 is 5.97 Å².